The zero-order valence-electron chi connectivity index (χ0n) is 10.0. The van der Waals surface area contributed by atoms with Gasteiger partial charge in [0, 0.05) is 18.1 Å². The minimum atomic E-state index is -0.103. The highest BCUT2D eigenvalue weighted by molar-refractivity contribution is 4.86. The van der Waals surface area contributed by atoms with Gasteiger partial charge in [-0.2, -0.15) is 0 Å². The van der Waals surface area contributed by atoms with E-state index in [1.165, 1.54) is 12.8 Å². The zero-order valence-corrected chi connectivity index (χ0v) is 10.0. The smallest absolute Gasteiger partial charge is 0.0695 e. The van der Waals surface area contributed by atoms with Crippen molar-refractivity contribution in [1.29, 1.82) is 0 Å². The van der Waals surface area contributed by atoms with Crippen LogP contribution in [-0.2, 0) is 0 Å². The van der Waals surface area contributed by atoms with Crippen LogP contribution in [0.2, 0.25) is 0 Å². The van der Waals surface area contributed by atoms with Crippen LogP contribution in [-0.4, -0.2) is 34.2 Å². The molecule has 1 aliphatic rings. The van der Waals surface area contributed by atoms with Crippen LogP contribution in [0.5, 0.6) is 0 Å². The fourth-order valence-corrected chi connectivity index (χ4v) is 2.80. The number of hydrogen-bond donors (Lipinski definition) is 1. The lowest BCUT2D eigenvalue weighted by Gasteiger charge is -2.42. The second-order valence-electron chi connectivity index (χ2n) is 5.05. The normalized spacial score (nSPS) is 29.1. The molecule has 84 valence electrons. The predicted molar refractivity (Wildman–Crippen MR) is 60.4 cm³/mol. The summed E-state index contributed by atoms with van der Waals surface area (Å²) in [7, 11) is 0. The van der Waals surface area contributed by atoms with Crippen molar-refractivity contribution in [2.75, 3.05) is 0 Å². The lowest BCUT2D eigenvalue weighted by molar-refractivity contribution is -0.0112. The van der Waals surface area contributed by atoms with Gasteiger partial charge in [-0.25, -0.2) is 0 Å². The monoisotopic (exact) mass is 199 g/mol. The first kappa shape index (κ1) is 12.0. The molecule has 0 heterocycles. The largest absolute Gasteiger partial charge is 0.391 e. The summed E-state index contributed by atoms with van der Waals surface area (Å²) in [5.41, 5.74) is 0. The fourth-order valence-electron chi connectivity index (χ4n) is 2.80. The third-order valence-corrected chi connectivity index (χ3v) is 3.27. The molecule has 1 saturated carbocycles. The maximum atomic E-state index is 10.00. The Morgan fingerprint density at radius 2 is 1.50 bits per heavy atom. The van der Waals surface area contributed by atoms with Crippen LogP contribution in [0.4, 0.5) is 0 Å². The summed E-state index contributed by atoms with van der Waals surface area (Å²) in [6.07, 6.45) is 4.52. The maximum absolute atomic E-state index is 10.00. The van der Waals surface area contributed by atoms with E-state index in [0.717, 1.165) is 12.8 Å². The van der Waals surface area contributed by atoms with Crippen LogP contribution < -0.4 is 0 Å². The minimum Gasteiger partial charge on any atom is -0.391 e. The van der Waals surface area contributed by atoms with Crippen LogP contribution in [0.15, 0.2) is 0 Å². The van der Waals surface area contributed by atoms with Gasteiger partial charge < -0.3 is 5.11 Å². The molecule has 0 unspecified atom stereocenters. The summed E-state index contributed by atoms with van der Waals surface area (Å²) < 4.78 is 0. The van der Waals surface area contributed by atoms with E-state index in [0.29, 0.717) is 18.1 Å². The van der Waals surface area contributed by atoms with E-state index in [4.69, 9.17) is 0 Å². The average Bonchev–Trinajstić information content (AvgIpc) is 2.07. The molecule has 1 aliphatic carbocycles. The topological polar surface area (TPSA) is 23.5 Å². The quantitative estimate of drug-likeness (QED) is 0.754. The Kier molecular flexibility index (Phi) is 4.39. The molecule has 0 aromatic rings. The highest BCUT2D eigenvalue weighted by atomic mass is 16.3. The molecule has 0 spiro atoms. The molecule has 1 N–H and O–H groups in total. The van der Waals surface area contributed by atoms with Crippen molar-refractivity contribution in [3.63, 3.8) is 0 Å². The Morgan fingerprint density at radius 3 is 1.93 bits per heavy atom. The van der Waals surface area contributed by atoms with Gasteiger partial charge in [-0.1, -0.05) is 12.8 Å². The molecule has 0 bridgehead atoms. The molecule has 2 atom stereocenters. The van der Waals surface area contributed by atoms with E-state index < -0.39 is 0 Å². The Morgan fingerprint density at radius 1 is 1.00 bits per heavy atom. The van der Waals surface area contributed by atoms with Crippen molar-refractivity contribution in [2.24, 2.45) is 0 Å². The molecule has 2 nitrogen and oxygen atoms in total. The highest BCUT2D eigenvalue weighted by Crippen LogP contribution is 2.26. The standard InChI is InChI=1S/C12H25NO/c1-9(2)13(10(3)4)11-7-5-6-8-12(11)14/h9-12,14H,5-8H2,1-4H3/t11-,12-/m1/s1. The zero-order chi connectivity index (χ0) is 10.7. The van der Waals surface area contributed by atoms with Gasteiger partial charge in [0.05, 0.1) is 6.10 Å². The van der Waals surface area contributed by atoms with Gasteiger partial charge in [0.1, 0.15) is 0 Å². The summed E-state index contributed by atoms with van der Waals surface area (Å²) in [4.78, 5) is 2.46. The van der Waals surface area contributed by atoms with Gasteiger partial charge in [-0.3, -0.25) is 4.90 Å². The first-order valence-corrected chi connectivity index (χ1v) is 5.99. The molecular weight excluding hydrogens is 174 g/mol. The van der Waals surface area contributed by atoms with E-state index in [1.54, 1.807) is 0 Å². The number of nitrogens with zero attached hydrogens (tertiary/aromatic N) is 1. The van der Waals surface area contributed by atoms with Gasteiger partial charge in [0.25, 0.3) is 0 Å². The Bertz CT molecular complexity index is 160. The molecule has 1 rings (SSSR count). The summed E-state index contributed by atoms with van der Waals surface area (Å²) in [6, 6.07) is 1.46. The molecule has 2 heteroatoms. The summed E-state index contributed by atoms with van der Waals surface area (Å²) in [6.45, 7) is 8.89. The van der Waals surface area contributed by atoms with Crippen LogP contribution in [0.25, 0.3) is 0 Å². The van der Waals surface area contributed by atoms with Crippen molar-refractivity contribution in [1.82, 2.24) is 4.90 Å². The maximum Gasteiger partial charge on any atom is 0.0695 e. The lowest BCUT2D eigenvalue weighted by atomic mass is 9.90. The van der Waals surface area contributed by atoms with Crippen LogP contribution in [0.3, 0.4) is 0 Å². The third-order valence-electron chi connectivity index (χ3n) is 3.27. The third kappa shape index (κ3) is 2.71. The number of aliphatic hydroxyl groups excluding tert-OH is 1. The van der Waals surface area contributed by atoms with Crippen molar-refractivity contribution in [3.8, 4) is 0 Å². The second kappa shape index (κ2) is 5.13. The molecule has 14 heavy (non-hydrogen) atoms. The van der Waals surface area contributed by atoms with Crippen LogP contribution in [0, 0.1) is 0 Å². The molecule has 0 aromatic carbocycles. The van der Waals surface area contributed by atoms with Crippen molar-refractivity contribution < 1.29 is 5.11 Å². The summed E-state index contributed by atoms with van der Waals surface area (Å²) in [5.74, 6) is 0. The van der Waals surface area contributed by atoms with E-state index in [1.807, 2.05) is 0 Å². The second-order valence-corrected chi connectivity index (χ2v) is 5.05. The van der Waals surface area contributed by atoms with E-state index in [-0.39, 0.29) is 6.10 Å². The summed E-state index contributed by atoms with van der Waals surface area (Å²) in [5, 5.41) is 10.00. The van der Waals surface area contributed by atoms with Gasteiger partial charge in [0.15, 0.2) is 0 Å². The van der Waals surface area contributed by atoms with Gasteiger partial charge in [-0.05, 0) is 40.5 Å². The minimum absolute atomic E-state index is 0.103. The van der Waals surface area contributed by atoms with Crippen molar-refractivity contribution in [3.05, 3.63) is 0 Å². The first-order chi connectivity index (χ1) is 6.54. The van der Waals surface area contributed by atoms with Gasteiger partial charge >= 0.3 is 0 Å². The number of aliphatic hydroxyl groups is 1. The molecule has 0 aromatic heterocycles. The highest BCUT2D eigenvalue weighted by Gasteiger charge is 2.31. The van der Waals surface area contributed by atoms with Gasteiger partial charge in [0.2, 0.25) is 0 Å². The van der Waals surface area contributed by atoms with Crippen LogP contribution >= 0.6 is 0 Å². The average molecular weight is 199 g/mol. The summed E-state index contributed by atoms with van der Waals surface area (Å²) >= 11 is 0. The Hall–Kier alpha value is -0.0800. The Labute approximate surface area is 88.3 Å². The molecular formula is C12H25NO. The Balaban J connectivity index is 2.65. The van der Waals surface area contributed by atoms with E-state index in [2.05, 4.69) is 32.6 Å². The fraction of sp³-hybridized carbons (Fsp3) is 1.00. The molecule has 0 saturated heterocycles. The number of hydrogen-bond acceptors (Lipinski definition) is 2. The van der Waals surface area contributed by atoms with Crippen molar-refractivity contribution in [2.45, 2.75) is 77.6 Å². The lowest BCUT2D eigenvalue weighted by Crippen LogP contribution is -2.51. The van der Waals surface area contributed by atoms with Gasteiger partial charge in [-0.15, -0.1) is 0 Å². The predicted octanol–water partition coefficient (Wildman–Crippen LogP) is 2.41. The van der Waals surface area contributed by atoms with E-state index >= 15 is 0 Å². The van der Waals surface area contributed by atoms with Crippen LogP contribution in [0.1, 0.15) is 53.4 Å². The first-order valence-electron chi connectivity index (χ1n) is 5.99. The number of rotatable bonds is 3. The molecule has 0 aliphatic heterocycles. The van der Waals surface area contributed by atoms with E-state index in [9.17, 15) is 5.11 Å². The van der Waals surface area contributed by atoms with Crippen molar-refractivity contribution >= 4 is 0 Å². The SMILES string of the molecule is CC(C)N(C(C)C)[C@@H]1CCCC[C@H]1O. The molecule has 1 fully saturated rings. The molecule has 0 amide bonds. The molecule has 0 radical (unpaired) electrons.